The molecule has 0 aliphatic rings. The number of aromatic hydroxyl groups is 1. The number of halogens is 2. The standard InChI is InChI=1S/C25H26Cl2N4O4/c26-18-15-17(22(32)21(27)23(18)35-13-7-5-11-28)24(33)30-19(14-16-8-2-1-3-9-16)25(34)31-20-10-4-6-12-29-20/h1-4,6,8-10,12,15,19,32H,5,7,11,13-14,28H2,(H,30,33)(H,29,31,34). The summed E-state index contributed by atoms with van der Waals surface area (Å²) in [5, 5.41) is 15.8. The van der Waals surface area contributed by atoms with Gasteiger partial charge in [-0.2, -0.15) is 0 Å². The number of phenolic OH excluding ortho intramolecular Hbond substituents is 1. The highest BCUT2D eigenvalue weighted by Gasteiger charge is 2.26. The van der Waals surface area contributed by atoms with Crippen LogP contribution in [0.2, 0.25) is 10.0 Å². The fraction of sp³-hybridized carbons (Fsp3) is 0.240. The van der Waals surface area contributed by atoms with Crippen molar-refractivity contribution in [1.29, 1.82) is 0 Å². The molecule has 0 aliphatic carbocycles. The molecule has 3 rings (SSSR count). The van der Waals surface area contributed by atoms with Gasteiger partial charge in [0.25, 0.3) is 5.91 Å². The van der Waals surface area contributed by atoms with Gasteiger partial charge < -0.3 is 26.2 Å². The van der Waals surface area contributed by atoms with E-state index in [4.69, 9.17) is 33.7 Å². The highest BCUT2D eigenvalue weighted by Crippen LogP contribution is 2.42. The summed E-state index contributed by atoms with van der Waals surface area (Å²) in [4.78, 5) is 30.2. The van der Waals surface area contributed by atoms with E-state index in [2.05, 4.69) is 15.6 Å². The molecule has 0 radical (unpaired) electrons. The van der Waals surface area contributed by atoms with E-state index in [-0.39, 0.29) is 27.8 Å². The van der Waals surface area contributed by atoms with Crippen molar-refractivity contribution >= 4 is 40.8 Å². The average Bonchev–Trinajstić information content (AvgIpc) is 2.86. The lowest BCUT2D eigenvalue weighted by molar-refractivity contribution is -0.118. The molecule has 3 aromatic rings. The molecule has 2 aromatic carbocycles. The van der Waals surface area contributed by atoms with E-state index >= 15 is 0 Å². The van der Waals surface area contributed by atoms with Gasteiger partial charge in [-0.25, -0.2) is 4.98 Å². The van der Waals surface area contributed by atoms with E-state index in [1.165, 1.54) is 6.07 Å². The molecule has 184 valence electrons. The van der Waals surface area contributed by atoms with Crippen molar-refractivity contribution in [3.63, 3.8) is 0 Å². The fourth-order valence-corrected chi connectivity index (χ4v) is 3.83. The van der Waals surface area contributed by atoms with Crippen LogP contribution in [0.5, 0.6) is 11.5 Å². The summed E-state index contributed by atoms with van der Waals surface area (Å²) in [5.74, 6) is -1.27. The molecule has 10 heteroatoms. The minimum atomic E-state index is -0.976. The minimum Gasteiger partial charge on any atom is -0.505 e. The van der Waals surface area contributed by atoms with Gasteiger partial charge in [0.2, 0.25) is 5.91 Å². The molecule has 0 saturated carbocycles. The number of aromatic nitrogens is 1. The molecular weight excluding hydrogens is 491 g/mol. The Balaban J connectivity index is 1.81. The van der Waals surface area contributed by atoms with Crippen molar-refractivity contribution in [2.45, 2.75) is 25.3 Å². The van der Waals surface area contributed by atoms with E-state index < -0.39 is 23.6 Å². The van der Waals surface area contributed by atoms with E-state index in [1.54, 1.807) is 24.4 Å². The summed E-state index contributed by atoms with van der Waals surface area (Å²) in [5.41, 5.74) is 6.12. The zero-order chi connectivity index (χ0) is 25.2. The first-order valence-electron chi connectivity index (χ1n) is 11.0. The maximum atomic E-state index is 13.1. The number of rotatable bonds is 11. The van der Waals surface area contributed by atoms with Gasteiger partial charge in [0.15, 0.2) is 11.5 Å². The van der Waals surface area contributed by atoms with Crippen molar-refractivity contribution in [3.8, 4) is 11.5 Å². The summed E-state index contributed by atoms with van der Waals surface area (Å²) in [6, 6.07) is 14.6. The predicted molar refractivity (Wildman–Crippen MR) is 136 cm³/mol. The van der Waals surface area contributed by atoms with Gasteiger partial charge in [-0.15, -0.1) is 0 Å². The zero-order valence-electron chi connectivity index (χ0n) is 18.8. The molecule has 0 saturated heterocycles. The number of unbranched alkanes of at least 4 members (excludes halogenated alkanes) is 1. The summed E-state index contributed by atoms with van der Waals surface area (Å²) >= 11 is 12.5. The molecule has 0 bridgehead atoms. The van der Waals surface area contributed by atoms with Crippen molar-refractivity contribution in [1.82, 2.24) is 10.3 Å². The number of anilines is 1. The number of hydrogen-bond donors (Lipinski definition) is 4. The smallest absolute Gasteiger partial charge is 0.255 e. The number of pyridine rings is 1. The molecule has 1 unspecified atom stereocenters. The van der Waals surface area contributed by atoms with Gasteiger partial charge in [-0.1, -0.05) is 59.6 Å². The van der Waals surface area contributed by atoms with Gasteiger partial charge in [-0.05, 0) is 43.1 Å². The van der Waals surface area contributed by atoms with Crippen molar-refractivity contribution in [3.05, 3.63) is 82.0 Å². The second kappa shape index (κ2) is 12.9. The topological polar surface area (TPSA) is 127 Å². The SMILES string of the molecule is NCCCCOc1c(Cl)cc(C(=O)NC(Cc2ccccc2)C(=O)Nc2ccccn2)c(O)c1Cl. The number of carbonyl (C=O) groups excluding carboxylic acids is 2. The van der Waals surface area contributed by atoms with Crippen molar-refractivity contribution in [2.24, 2.45) is 5.73 Å². The van der Waals surface area contributed by atoms with E-state index in [9.17, 15) is 14.7 Å². The highest BCUT2D eigenvalue weighted by atomic mass is 35.5. The van der Waals surface area contributed by atoms with Crippen molar-refractivity contribution < 1.29 is 19.4 Å². The third kappa shape index (κ3) is 7.32. The number of benzene rings is 2. The average molecular weight is 517 g/mol. The molecule has 5 N–H and O–H groups in total. The summed E-state index contributed by atoms with van der Waals surface area (Å²) in [6.07, 6.45) is 3.18. The number of hydrogen-bond acceptors (Lipinski definition) is 6. The van der Waals surface area contributed by atoms with Crippen LogP contribution in [-0.4, -0.2) is 41.1 Å². The van der Waals surface area contributed by atoms with Gasteiger partial charge >= 0.3 is 0 Å². The van der Waals surface area contributed by atoms with Crippen LogP contribution in [0.4, 0.5) is 5.82 Å². The first-order chi connectivity index (χ1) is 16.9. The maximum absolute atomic E-state index is 13.1. The van der Waals surface area contributed by atoms with Crippen LogP contribution in [0.1, 0.15) is 28.8 Å². The molecule has 1 aromatic heterocycles. The lowest BCUT2D eigenvalue weighted by atomic mass is 10.0. The molecule has 1 heterocycles. The number of nitrogens with two attached hydrogens (primary N) is 1. The molecule has 0 aliphatic heterocycles. The summed E-state index contributed by atoms with van der Waals surface area (Å²) in [7, 11) is 0. The van der Waals surface area contributed by atoms with E-state index in [1.807, 2.05) is 30.3 Å². The first kappa shape index (κ1) is 26.3. The number of ether oxygens (including phenoxy) is 1. The van der Waals surface area contributed by atoms with Crippen LogP contribution in [0.25, 0.3) is 0 Å². The fourth-order valence-electron chi connectivity index (χ4n) is 3.26. The minimum absolute atomic E-state index is 0.0586. The third-order valence-corrected chi connectivity index (χ3v) is 5.69. The monoisotopic (exact) mass is 516 g/mol. The van der Waals surface area contributed by atoms with E-state index in [0.717, 1.165) is 12.0 Å². The quantitative estimate of drug-likeness (QED) is 0.283. The molecule has 0 spiro atoms. The van der Waals surface area contributed by atoms with Crippen LogP contribution < -0.4 is 21.1 Å². The van der Waals surface area contributed by atoms with Crippen LogP contribution in [0.15, 0.2) is 60.8 Å². The largest absolute Gasteiger partial charge is 0.505 e. The summed E-state index contributed by atoms with van der Waals surface area (Å²) in [6.45, 7) is 0.821. The number of nitrogens with zero attached hydrogens (tertiary/aromatic N) is 1. The highest BCUT2D eigenvalue weighted by molar-refractivity contribution is 6.39. The lowest BCUT2D eigenvalue weighted by Gasteiger charge is -2.20. The van der Waals surface area contributed by atoms with Crippen LogP contribution in [0.3, 0.4) is 0 Å². The van der Waals surface area contributed by atoms with Crippen LogP contribution in [-0.2, 0) is 11.2 Å². The van der Waals surface area contributed by atoms with Crippen molar-refractivity contribution in [2.75, 3.05) is 18.5 Å². The number of amides is 2. The molecular formula is C25H26Cl2N4O4. The normalized spacial score (nSPS) is 11.5. The Kier molecular flexibility index (Phi) is 9.72. The molecule has 0 fully saturated rings. The lowest BCUT2D eigenvalue weighted by Crippen LogP contribution is -2.45. The van der Waals surface area contributed by atoms with Gasteiger partial charge in [0.05, 0.1) is 17.2 Å². The van der Waals surface area contributed by atoms with Gasteiger partial charge in [0.1, 0.15) is 16.9 Å². The number of carbonyl (C=O) groups is 2. The number of nitrogens with one attached hydrogen (secondary N) is 2. The Hall–Kier alpha value is -3.33. The number of phenols is 1. The summed E-state index contributed by atoms with van der Waals surface area (Å²) < 4.78 is 5.57. The Morgan fingerprint density at radius 3 is 2.51 bits per heavy atom. The Morgan fingerprint density at radius 2 is 1.83 bits per heavy atom. The zero-order valence-corrected chi connectivity index (χ0v) is 20.4. The van der Waals surface area contributed by atoms with Gasteiger partial charge in [0, 0.05) is 12.6 Å². The predicted octanol–water partition coefficient (Wildman–Crippen LogP) is 4.19. The van der Waals surface area contributed by atoms with Crippen LogP contribution in [0, 0.1) is 0 Å². The molecule has 1 atom stereocenters. The molecule has 2 amide bonds. The third-order valence-electron chi connectivity index (χ3n) is 5.06. The first-order valence-corrected chi connectivity index (χ1v) is 11.8. The van der Waals surface area contributed by atoms with Gasteiger partial charge in [-0.3, -0.25) is 9.59 Å². The Morgan fingerprint density at radius 1 is 1.09 bits per heavy atom. The second-order valence-corrected chi connectivity index (χ2v) is 8.45. The Bertz CT molecular complexity index is 1150. The molecule has 8 nitrogen and oxygen atoms in total. The maximum Gasteiger partial charge on any atom is 0.255 e. The van der Waals surface area contributed by atoms with Crippen LogP contribution >= 0.6 is 23.2 Å². The second-order valence-electron chi connectivity index (χ2n) is 7.66. The Labute approximate surface area is 213 Å². The molecule has 35 heavy (non-hydrogen) atoms. The van der Waals surface area contributed by atoms with E-state index in [0.29, 0.717) is 25.4 Å².